The SMILES string of the molecule is Cc1[nH]c(C(=O)N2CCC(CC(=O)NCCCN3CCC(Cc4ccccc4)CC3)CC2)c(C)c1C. The molecule has 36 heavy (non-hydrogen) atoms. The first-order valence-electron chi connectivity index (χ1n) is 13.9. The summed E-state index contributed by atoms with van der Waals surface area (Å²) in [5, 5.41) is 3.14. The van der Waals surface area contributed by atoms with Gasteiger partial charge in [-0.1, -0.05) is 30.3 Å². The first kappa shape index (κ1) is 26.5. The summed E-state index contributed by atoms with van der Waals surface area (Å²) in [4.78, 5) is 33.2. The topological polar surface area (TPSA) is 68.4 Å². The summed E-state index contributed by atoms with van der Waals surface area (Å²) in [5.74, 6) is 1.42. The number of benzene rings is 1. The Kier molecular flexibility index (Phi) is 9.24. The summed E-state index contributed by atoms with van der Waals surface area (Å²) < 4.78 is 0. The highest BCUT2D eigenvalue weighted by molar-refractivity contribution is 5.94. The van der Waals surface area contributed by atoms with Crippen LogP contribution in [0.4, 0.5) is 0 Å². The zero-order chi connectivity index (χ0) is 25.5. The summed E-state index contributed by atoms with van der Waals surface area (Å²) in [6, 6.07) is 10.8. The lowest BCUT2D eigenvalue weighted by Crippen LogP contribution is -2.40. The fourth-order valence-electron chi connectivity index (χ4n) is 5.78. The highest BCUT2D eigenvalue weighted by atomic mass is 16.2. The smallest absolute Gasteiger partial charge is 0.270 e. The predicted molar refractivity (Wildman–Crippen MR) is 145 cm³/mol. The molecule has 2 aromatic rings. The molecule has 2 aliphatic rings. The second kappa shape index (κ2) is 12.6. The van der Waals surface area contributed by atoms with Crippen molar-refractivity contribution in [3.05, 3.63) is 58.4 Å². The molecule has 0 atom stereocenters. The van der Waals surface area contributed by atoms with Gasteiger partial charge in [0.2, 0.25) is 5.91 Å². The van der Waals surface area contributed by atoms with Crippen LogP contribution in [0.3, 0.4) is 0 Å². The van der Waals surface area contributed by atoms with Crippen molar-refractivity contribution in [2.24, 2.45) is 11.8 Å². The minimum absolute atomic E-state index is 0.0932. The average Bonchev–Trinajstić information content (AvgIpc) is 3.15. The van der Waals surface area contributed by atoms with Crippen molar-refractivity contribution in [1.82, 2.24) is 20.1 Å². The van der Waals surface area contributed by atoms with Crippen LogP contribution in [0.1, 0.15) is 71.4 Å². The third-order valence-electron chi connectivity index (χ3n) is 8.45. The zero-order valence-electron chi connectivity index (χ0n) is 22.4. The predicted octanol–water partition coefficient (Wildman–Crippen LogP) is 4.64. The number of hydrogen-bond donors (Lipinski definition) is 2. The van der Waals surface area contributed by atoms with E-state index in [2.05, 4.69) is 52.5 Å². The number of amides is 2. The molecular weight excluding hydrogens is 448 g/mol. The minimum Gasteiger partial charge on any atom is -0.356 e. The van der Waals surface area contributed by atoms with E-state index in [9.17, 15) is 9.59 Å². The van der Waals surface area contributed by atoms with E-state index in [0.717, 1.165) is 73.9 Å². The van der Waals surface area contributed by atoms with Crippen LogP contribution in [0, 0.1) is 32.6 Å². The number of nitrogens with one attached hydrogen (secondary N) is 2. The van der Waals surface area contributed by atoms with E-state index in [-0.39, 0.29) is 11.8 Å². The van der Waals surface area contributed by atoms with Crippen molar-refractivity contribution in [2.75, 3.05) is 39.3 Å². The summed E-state index contributed by atoms with van der Waals surface area (Å²) >= 11 is 0. The molecule has 1 aromatic carbocycles. The van der Waals surface area contributed by atoms with E-state index in [1.54, 1.807) is 0 Å². The molecule has 0 bridgehead atoms. The monoisotopic (exact) mass is 492 g/mol. The first-order chi connectivity index (χ1) is 17.4. The zero-order valence-corrected chi connectivity index (χ0v) is 22.4. The van der Waals surface area contributed by atoms with Crippen LogP contribution in [0.15, 0.2) is 30.3 Å². The van der Waals surface area contributed by atoms with E-state index >= 15 is 0 Å². The van der Waals surface area contributed by atoms with Gasteiger partial charge in [0.25, 0.3) is 5.91 Å². The number of carbonyl (C=O) groups excluding carboxylic acids is 2. The molecule has 6 heteroatoms. The Morgan fingerprint density at radius 1 is 0.917 bits per heavy atom. The average molecular weight is 493 g/mol. The largest absolute Gasteiger partial charge is 0.356 e. The fraction of sp³-hybridized carbons (Fsp3) is 0.600. The maximum Gasteiger partial charge on any atom is 0.270 e. The standard InChI is InChI=1S/C30H44N4O2/c1-22-23(2)29(32-24(22)3)30(36)34-18-12-27(13-19-34)21-28(35)31-14-7-15-33-16-10-26(11-17-33)20-25-8-5-4-6-9-25/h4-6,8-9,26-27,32H,7,10-21H2,1-3H3,(H,31,35). The Hall–Kier alpha value is -2.60. The van der Waals surface area contributed by atoms with Gasteiger partial charge in [-0.2, -0.15) is 0 Å². The fourth-order valence-corrected chi connectivity index (χ4v) is 5.78. The van der Waals surface area contributed by atoms with Crippen LogP contribution in [-0.4, -0.2) is 65.9 Å². The molecule has 3 heterocycles. The molecule has 0 aliphatic carbocycles. The number of hydrogen-bond acceptors (Lipinski definition) is 3. The van der Waals surface area contributed by atoms with Gasteiger partial charge in [-0.15, -0.1) is 0 Å². The second-order valence-corrected chi connectivity index (χ2v) is 11.0. The number of likely N-dealkylation sites (tertiary alicyclic amines) is 2. The lowest BCUT2D eigenvalue weighted by Gasteiger charge is -2.32. The van der Waals surface area contributed by atoms with Gasteiger partial charge in [-0.3, -0.25) is 9.59 Å². The number of piperidine rings is 2. The molecule has 2 saturated heterocycles. The number of aryl methyl sites for hydroxylation is 1. The van der Waals surface area contributed by atoms with Gasteiger partial charge in [0, 0.05) is 31.7 Å². The molecule has 2 amide bonds. The summed E-state index contributed by atoms with van der Waals surface area (Å²) in [6.07, 6.45) is 7.12. The van der Waals surface area contributed by atoms with Crippen LogP contribution < -0.4 is 5.32 Å². The van der Waals surface area contributed by atoms with Gasteiger partial charge in [0.05, 0.1) is 0 Å². The van der Waals surface area contributed by atoms with E-state index in [1.165, 1.54) is 37.9 Å². The van der Waals surface area contributed by atoms with Crippen LogP contribution in [0.2, 0.25) is 0 Å². The summed E-state index contributed by atoms with van der Waals surface area (Å²) in [7, 11) is 0. The first-order valence-corrected chi connectivity index (χ1v) is 13.9. The normalized spacial score (nSPS) is 17.9. The molecule has 0 radical (unpaired) electrons. The maximum absolute atomic E-state index is 12.9. The van der Waals surface area contributed by atoms with Crippen molar-refractivity contribution in [3.8, 4) is 0 Å². The van der Waals surface area contributed by atoms with Crippen molar-refractivity contribution < 1.29 is 9.59 Å². The van der Waals surface area contributed by atoms with E-state index < -0.39 is 0 Å². The Balaban J connectivity index is 1.07. The molecule has 0 spiro atoms. The molecule has 0 unspecified atom stereocenters. The molecule has 6 nitrogen and oxygen atoms in total. The molecule has 1 aromatic heterocycles. The van der Waals surface area contributed by atoms with Crippen LogP contribution in [0.5, 0.6) is 0 Å². The molecule has 2 fully saturated rings. The molecular formula is C30H44N4O2. The summed E-state index contributed by atoms with van der Waals surface area (Å²) in [5.41, 5.74) is 5.46. The number of H-pyrrole nitrogens is 1. The van der Waals surface area contributed by atoms with Gasteiger partial charge in [-0.25, -0.2) is 0 Å². The number of nitrogens with zero attached hydrogens (tertiary/aromatic N) is 2. The Bertz CT molecular complexity index is 999. The molecule has 2 aliphatic heterocycles. The van der Waals surface area contributed by atoms with E-state index in [1.807, 2.05) is 18.7 Å². The number of aromatic amines is 1. The van der Waals surface area contributed by atoms with Gasteiger partial charge < -0.3 is 20.1 Å². The van der Waals surface area contributed by atoms with E-state index in [4.69, 9.17) is 0 Å². The number of aromatic nitrogens is 1. The second-order valence-electron chi connectivity index (χ2n) is 11.0. The van der Waals surface area contributed by atoms with Gasteiger partial charge in [-0.05, 0) is 107 Å². The lowest BCUT2D eigenvalue weighted by molar-refractivity contribution is -0.122. The van der Waals surface area contributed by atoms with Crippen LogP contribution in [0.25, 0.3) is 0 Å². The molecule has 2 N–H and O–H groups in total. The van der Waals surface area contributed by atoms with Gasteiger partial charge >= 0.3 is 0 Å². The molecule has 0 saturated carbocycles. The van der Waals surface area contributed by atoms with Gasteiger partial charge in [0.15, 0.2) is 0 Å². The Morgan fingerprint density at radius 3 is 2.22 bits per heavy atom. The van der Waals surface area contributed by atoms with Crippen molar-refractivity contribution in [2.45, 2.75) is 65.7 Å². The van der Waals surface area contributed by atoms with Gasteiger partial charge in [0.1, 0.15) is 5.69 Å². The van der Waals surface area contributed by atoms with Crippen LogP contribution >= 0.6 is 0 Å². The van der Waals surface area contributed by atoms with Crippen molar-refractivity contribution in [1.29, 1.82) is 0 Å². The third kappa shape index (κ3) is 7.00. The molecule has 4 rings (SSSR count). The molecule has 196 valence electrons. The highest BCUT2D eigenvalue weighted by Gasteiger charge is 2.27. The Labute approximate surface area is 216 Å². The number of rotatable bonds is 9. The third-order valence-corrected chi connectivity index (χ3v) is 8.45. The minimum atomic E-state index is 0.0932. The quantitative estimate of drug-likeness (QED) is 0.501. The number of carbonyl (C=O) groups is 2. The van der Waals surface area contributed by atoms with Crippen molar-refractivity contribution in [3.63, 3.8) is 0 Å². The Morgan fingerprint density at radius 2 is 1.58 bits per heavy atom. The summed E-state index contributed by atoms with van der Waals surface area (Å²) in [6.45, 7) is 11.7. The highest BCUT2D eigenvalue weighted by Crippen LogP contribution is 2.24. The maximum atomic E-state index is 12.9. The van der Waals surface area contributed by atoms with Crippen molar-refractivity contribution >= 4 is 11.8 Å². The lowest BCUT2D eigenvalue weighted by atomic mass is 9.90. The van der Waals surface area contributed by atoms with E-state index in [0.29, 0.717) is 12.3 Å². The van der Waals surface area contributed by atoms with Crippen LogP contribution in [-0.2, 0) is 11.2 Å².